The van der Waals surface area contributed by atoms with Crippen molar-refractivity contribution in [3.8, 4) is 0 Å². The monoisotopic (exact) mass is 351 g/mol. The van der Waals surface area contributed by atoms with Gasteiger partial charge < -0.3 is 15.0 Å². The highest BCUT2D eigenvalue weighted by Crippen LogP contribution is 2.20. The first-order valence-corrected chi connectivity index (χ1v) is 9.48. The van der Waals surface area contributed by atoms with Crippen molar-refractivity contribution in [3.05, 3.63) is 22.4 Å². The van der Waals surface area contributed by atoms with Crippen molar-refractivity contribution < 1.29 is 14.3 Å². The van der Waals surface area contributed by atoms with Crippen molar-refractivity contribution in [2.75, 3.05) is 45.9 Å². The van der Waals surface area contributed by atoms with Crippen LogP contribution < -0.4 is 5.32 Å². The van der Waals surface area contributed by atoms with Crippen molar-refractivity contribution in [3.63, 3.8) is 0 Å². The lowest BCUT2D eigenvalue weighted by atomic mass is 9.95. The summed E-state index contributed by atoms with van der Waals surface area (Å²) >= 11 is 1.65. The number of rotatable bonds is 5. The Bertz CT molecular complexity index is 535. The van der Waals surface area contributed by atoms with Gasteiger partial charge in [-0.15, -0.1) is 11.3 Å². The smallest absolute Gasteiger partial charge is 0.234 e. The Hall–Kier alpha value is -1.44. The van der Waals surface area contributed by atoms with Gasteiger partial charge in [0.25, 0.3) is 0 Å². The van der Waals surface area contributed by atoms with Crippen molar-refractivity contribution in [2.45, 2.75) is 19.4 Å². The number of hydrogen-bond donors (Lipinski definition) is 1. The molecule has 0 radical (unpaired) electrons. The summed E-state index contributed by atoms with van der Waals surface area (Å²) in [4.78, 5) is 29.8. The lowest BCUT2D eigenvalue weighted by molar-refractivity contribution is -0.141. The highest BCUT2D eigenvalue weighted by Gasteiger charge is 2.29. The Balaban J connectivity index is 1.36. The van der Waals surface area contributed by atoms with E-state index in [2.05, 4.69) is 10.2 Å². The number of amides is 2. The van der Waals surface area contributed by atoms with E-state index in [1.807, 2.05) is 22.4 Å². The van der Waals surface area contributed by atoms with Crippen LogP contribution in [0.3, 0.4) is 0 Å². The summed E-state index contributed by atoms with van der Waals surface area (Å²) in [5, 5.41) is 4.97. The predicted octanol–water partition coefficient (Wildman–Crippen LogP) is 0.935. The van der Waals surface area contributed by atoms with Gasteiger partial charge in [-0.05, 0) is 37.4 Å². The zero-order chi connectivity index (χ0) is 16.8. The quantitative estimate of drug-likeness (QED) is 0.857. The molecule has 0 bridgehead atoms. The summed E-state index contributed by atoms with van der Waals surface area (Å²) in [5.41, 5.74) is 0. The summed E-state index contributed by atoms with van der Waals surface area (Å²) in [6, 6.07) is 4.01. The van der Waals surface area contributed by atoms with Gasteiger partial charge in [-0.2, -0.15) is 0 Å². The summed E-state index contributed by atoms with van der Waals surface area (Å²) in [6.45, 7) is 5.37. The van der Waals surface area contributed by atoms with Crippen LogP contribution >= 0.6 is 11.3 Å². The van der Waals surface area contributed by atoms with Crippen LogP contribution in [0.1, 0.15) is 17.7 Å². The lowest BCUT2D eigenvalue weighted by Crippen LogP contribution is -2.48. The number of hydrogen-bond acceptors (Lipinski definition) is 5. The zero-order valence-corrected chi connectivity index (χ0v) is 14.7. The van der Waals surface area contributed by atoms with Crippen LogP contribution in [-0.4, -0.2) is 67.6 Å². The van der Waals surface area contributed by atoms with Crippen molar-refractivity contribution >= 4 is 23.2 Å². The number of thiophene rings is 1. The maximum absolute atomic E-state index is 12.5. The fraction of sp³-hybridized carbons (Fsp3) is 0.647. The van der Waals surface area contributed by atoms with Gasteiger partial charge in [-0.25, -0.2) is 0 Å². The largest absolute Gasteiger partial charge is 0.378 e. The summed E-state index contributed by atoms with van der Waals surface area (Å²) < 4.78 is 5.30. The standard InChI is InChI=1S/C17H25N3O3S/c21-16(18-12-15-2-1-11-24-15)13-19-5-3-14(4-6-19)17(22)20-7-9-23-10-8-20/h1-2,11,14H,3-10,12-13H2,(H,18,21). The van der Waals surface area contributed by atoms with Crippen LogP contribution in [0.25, 0.3) is 0 Å². The minimum absolute atomic E-state index is 0.0568. The molecule has 0 atom stereocenters. The summed E-state index contributed by atoms with van der Waals surface area (Å²) in [7, 11) is 0. The third-order valence-electron chi connectivity index (χ3n) is 4.67. The van der Waals surface area contributed by atoms with Gasteiger partial charge in [0.2, 0.25) is 11.8 Å². The van der Waals surface area contributed by atoms with Gasteiger partial charge in [0.05, 0.1) is 26.3 Å². The van der Waals surface area contributed by atoms with Gasteiger partial charge in [0.1, 0.15) is 0 Å². The number of carbonyl (C=O) groups excluding carboxylic acids is 2. The predicted molar refractivity (Wildman–Crippen MR) is 92.7 cm³/mol. The van der Waals surface area contributed by atoms with Gasteiger partial charge in [0.15, 0.2) is 0 Å². The zero-order valence-electron chi connectivity index (χ0n) is 13.9. The van der Waals surface area contributed by atoms with E-state index in [0.29, 0.717) is 39.4 Å². The highest BCUT2D eigenvalue weighted by atomic mass is 32.1. The first-order chi connectivity index (χ1) is 11.7. The Morgan fingerprint density at radius 1 is 1.21 bits per heavy atom. The molecule has 132 valence electrons. The fourth-order valence-corrected chi connectivity index (χ4v) is 3.88. The summed E-state index contributed by atoms with van der Waals surface area (Å²) in [6.07, 6.45) is 1.68. The molecule has 1 aromatic rings. The van der Waals surface area contributed by atoms with Crippen molar-refractivity contribution in [2.24, 2.45) is 5.92 Å². The average Bonchev–Trinajstić information content (AvgIpc) is 3.14. The van der Waals surface area contributed by atoms with Crippen LogP contribution in [0.2, 0.25) is 0 Å². The van der Waals surface area contributed by atoms with Crippen LogP contribution in [0, 0.1) is 5.92 Å². The first kappa shape index (κ1) is 17.4. The van der Waals surface area contributed by atoms with E-state index in [0.717, 1.165) is 30.8 Å². The van der Waals surface area contributed by atoms with E-state index < -0.39 is 0 Å². The molecule has 2 saturated heterocycles. The first-order valence-electron chi connectivity index (χ1n) is 8.60. The molecular formula is C17H25N3O3S. The number of nitrogens with zero attached hydrogens (tertiary/aromatic N) is 2. The minimum atomic E-state index is 0.0568. The van der Waals surface area contributed by atoms with Gasteiger partial charge in [-0.1, -0.05) is 6.07 Å². The molecule has 24 heavy (non-hydrogen) atoms. The SMILES string of the molecule is O=C(CN1CCC(C(=O)N2CCOCC2)CC1)NCc1cccs1. The molecule has 2 amide bonds. The Labute approximate surface area is 146 Å². The number of likely N-dealkylation sites (tertiary alicyclic amines) is 1. The minimum Gasteiger partial charge on any atom is -0.378 e. The van der Waals surface area contributed by atoms with Crippen molar-refractivity contribution in [1.29, 1.82) is 0 Å². The average molecular weight is 351 g/mol. The molecule has 0 unspecified atom stereocenters. The van der Waals surface area contributed by atoms with Crippen LogP contribution in [0.5, 0.6) is 0 Å². The second-order valence-corrected chi connectivity index (χ2v) is 7.38. The Morgan fingerprint density at radius 3 is 2.62 bits per heavy atom. The van der Waals surface area contributed by atoms with E-state index in [4.69, 9.17) is 4.74 Å². The molecule has 1 N–H and O–H groups in total. The van der Waals surface area contributed by atoms with Gasteiger partial charge in [-0.3, -0.25) is 14.5 Å². The fourth-order valence-electron chi connectivity index (χ4n) is 3.24. The second kappa shape index (κ2) is 8.60. The number of morpholine rings is 1. The Morgan fingerprint density at radius 2 is 1.96 bits per heavy atom. The lowest BCUT2D eigenvalue weighted by Gasteiger charge is -2.35. The number of ether oxygens (including phenoxy) is 1. The molecule has 3 rings (SSSR count). The molecule has 2 aliphatic rings. The number of piperidine rings is 1. The van der Waals surface area contributed by atoms with E-state index in [1.54, 1.807) is 11.3 Å². The van der Waals surface area contributed by atoms with E-state index in [-0.39, 0.29) is 17.7 Å². The summed E-state index contributed by atoms with van der Waals surface area (Å²) in [5.74, 6) is 0.426. The number of nitrogens with one attached hydrogen (secondary N) is 1. The molecule has 0 aromatic carbocycles. The molecule has 0 spiro atoms. The molecule has 0 aliphatic carbocycles. The molecule has 0 saturated carbocycles. The van der Waals surface area contributed by atoms with Crippen LogP contribution in [-0.2, 0) is 20.9 Å². The Kier molecular flexibility index (Phi) is 6.23. The van der Waals surface area contributed by atoms with Crippen LogP contribution in [0.4, 0.5) is 0 Å². The van der Waals surface area contributed by atoms with Crippen molar-refractivity contribution in [1.82, 2.24) is 15.1 Å². The van der Waals surface area contributed by atoms with Gasteiger partial charge in [0, 0.05) is 23.9 Å². The van der Waals surface area contributed by atoms with Crippen LogP contribution in [0.15, 0.2) is 17.5 Å². The normalized spacial score (nSPS) is 20.1. The molecule has 1 aromatic heterocycles. The molecular weight excluding hydrogens is 326 g/mol. The van der Waals surface area contributed by atoms with Gasteiger partial charge >= 0.3 is 0 Å². The molecule has 7 heteroatoms. The molecule has 6 nitrogen and oxygen atoms in total. The van der Waals surface area contributed by atoms with E-state index >= 15 is 0 Å². The maximum Gasteiger partial charge on any atom is 0.234 e. The topological polar surface area (TPSA) is 61.9 Å². The van der Waals surface area contributed by atoms with E-state index in [1.165, 1.54) is 0 Å². The third-order valence-corrected chi connectivity index (χ3v) is 5.54. The highest BCUT2D eigenvalue weighted by molar-refractivity contribution is 7.09. The maximum atomic E-state index is 12.5. The molecule has 2 fully saturated rings. The second-order valence-electron chi connectivity index (χ2n) is 6.34. The number of carbonyl (C=O) groups is 2. The molecule has 3 heterocycles. The molecule has 2 aliphatic heterocycles. The third kappa shape index (κ3) is 4.78. The van der Waals surface area contributed by atoms with E-state index in [9.17, 15) is 9.59 Å².